The van der Waals surface area contributed by atoms with Crippen LogP contribution in [0.5, 0.6) is 0 Å². The molecule has 0 aromatic carbocycles. The minimum atomic E-state index is -3.89. The summed E-state index contributed by atoms with van der Waals surface area (Å²) in [7, 11) is -3.89. The molecule has 8 nitrogen and oxygen atoms in total. The fourth-order valence-corrected chi connectivity index (χ4v) is 2.07. The highest BCUT2D eigenvalue weighted by molar-refractivity contribution is 7.89. The van der Waals surface area contributed by atoms with Gasteiger partial charge in [-0.2, -0.15) is 0 Å². The van der Waals surface area contributed by atoms with E-state index in [0.29, 0.717) is 0 Å². The van der Waals surface area contributed by atoms with Gasteiger partial charge in [0, 0.05) is 0 Å². The highest BCUT2D eigenvalue weighted by Gasteiger charge is 2.26. The first-order valence-electron chi connectivity index (χ1n) is 5.20. The summed E-state index contributed by atoms with van der Waals surface area (Å²) in [4.78, 5) is 21.1. The van der Waals surface area contributed by atoms with E-state index in [0.717, 1.165) is 0 Å². The molecule has 18 heavy (non-hydrogen) atoms. The van der Waals surface area contributed by atoms with Crippen LogP contribution in [0.25, 0.3) is 0 Å². The van der Waals surface area contributed by atoms with Crippen molar-refractivity contribution in [2.24, 2.45) is 0 Å². The van der Waals surface area contributed by atoms with Gasteiger partial charge in [0.1, 0.15) is 6.04 Å². The summed E-state index contributed by atoms with van der Waals surface area (Å²) in [6.07, 6.45) is -0.964. The number of carboxylic acid groups (broad SMARTS) is 2. The molecule has 0 saturated heterocycles. The second kappa shape index (κ2) is 7.29. The van der Waals surface area contributed by atoms with Crippen LogP contribution in [0.15, 0.2) is 0 Å². The maximum Gasteiger partial charge on any atom is 0.322 e. The van der Waals surface area contributed by atoms with Gasteiger partial charge >= 0.3 is 11.9 Å². The number of aliphatic carboxylic acids is 2. The number of nitrogens with one attached hydrogen (secondary N) is 1. The van der Waals surface area contributed by atoms with Gasteiger partial charge in [0.2, 0.25) is 10.0 Å². The van der Waals surface area contributed by atoms with Crippen LogP contribution >= 0.6 is 0 Å². The van der Waals surface area contributed by atoms with E-state index < -0.39 is 40.2 Å². The summed E-state index contributed by atoms with van der Waals surface area (Å²) in [5.74, 6) is -3.36. The van der Waals surface area contributed by atoms with Gasteiger partial charge in [-0.3, -0.25) is 9.59 Å². The number of hydrogen-bond acceptors (Lipinski definition) is 5. The van der Waals surface area contributed by atoms with Crippen LogP contribution in [0.2, 0.25) is 0 Å². The Hall–Kier alpha value is -1.19. The lowest BCUT2D eigenvalue weighted by Gasteiger charge is -2.13. The smallest absolute Gasteiger partial charge is 0.322 e. The molecule has 0 aromatic rings. The third-order valence-corrected chi connectivity index (χ3v) is 3.15. The molecule has 106 valence electrons. The molecule has 0 heterocycles. The molecule has 1 atom stereocenters. The lowest BCUT2D eigenvalue weighted by molar-refractivity contribution is -0.145. The van der Waals surface area contributed by atoms with Gasteiger partial charge in [-0.05, 0) is 13.8 Å². The van der Waals surface area contributed by atoms with Crippen molar-refractivity contribution in [3.8, 4) is 0 Å². The molecule has 3 N–H and O–H groups in total. The van der Waals surface area contributed by atoms with Gasteiger partial charge in [0.05, 0.1) is 24.9 Å². The van der Waals surface area contributed by atoms with E-state index in [2.05, 4.69) is 0 Å². The Bertz CT molecular complexity index is 390. The predicted molar refractivity (Wildman–Crippen MR) is 61.7 cm³/mol. The van der Waals surface area contributed by atoms with Crippen LogP contribution in [0.3, 0.4) is 0 Å². The molecule has 0 saturated carbocycles. The Morgan fingerprint density at radius 1 is 1.28 bits per heavy atom. The minimum Gasteiger partial charge on any atom is -0.481 e. The van der Waals surface area contributed by atoms with Gasteiger partial charge in [0.15, 0.2) is 0 Å². The van der Waals surface area contributed by atoms with Crippen LogP contribution < -0.4 is 4.72 Å². The van der Waals surface area contributed by atoms with Gasteiger partial charge in [0.25, 0.3) is 0 Å². The Labute approximate surface area is 105 Å². The summed E-state index contributed by atoms with van der Waals surface area (Å²) in [6, 6.07) is -1.67. The number of ether oxygens (including phenoxy) is 1. The van der Waals surface area contributed by atoms with Crippen LogP contribution in [-0.4, -0.2) is 55.1 Å². The van der Waals surface area contributed by atoms with E-state index in [-0.39, 0.29) is 12.7 Å². The van der Waals surface area contributed by atoms with E-state index in [1.165, 1.54) is 0 Å². The van der Waals surface area contributed by atoms with Gasteiger partial charge in [-0.15, -0.1) is 0 Å². The Balaban J connectivity index is 4.42. The monoisotopic (exact) mass is 283 g/mol. The molecule has 9 heteroatoms. The van der Waals surface area contributed by atoms with Crippen molar-refractivity contribution >= 4 is 22.0 Å². The Kier molecular flexibility index (Phi) is 6.81. The molecule has 0 spiro atoms. The SMILES string of the molecule is CC(C)OCCS(=O)(=O)NC(CC(=O)O)C(=O)O. The molecule has 0 radical (unpaired) electrons. The van der Waals surface area contributed by atoms with Crippen molar-refractivity contribution in [3.05, 3.63) is 0 Å². The second-order valence-electron chi connectivity index (χ2n) is 3.84. The molecule has 1 unspecified atom stereocenters. The topological polar surface area (TPSA) is 130 Å². The molecular weight excluding hydrogens is 266 g/mol. The van der Waals surface area contributed by atoms with Crippen LogP contribution in [-0.2, 0) is 24.3 Å². The lowest BCUT2D eigenvalue weighted by Crippen LogP contribution is -2.43. The van der Waals surface area contributed by atoms with Crippen molar-refractivity contribution in [2.45, 2.75) is 32.4 Å². The number of sulfonamides is 1. The highest BCUT2D eigenvalue weighted by Crippen LogP contribution is 1.98. The fourth-order valence-electron chi connectivity index (χ4n) is 1.02. The van der Waals surface area contributed by atoms with Crippen molar-refractivity contribution in [1.29, 1.82) is 0 Å². The van der Waals surface area contributed by atoms with Crippen LogP contribution in [0.4, 0.5) is 0 Å². The van der Waals surface area contributed by atoms with Gasteiger partial charge in [-0.1, -0.05) is 0 Å². The van der Waals surface area contributed by atoms with Crippen LogP contribution in [0, 0.1) is 0 Å². The number of carbonyl (C=O) groups is 2. The first-order chi connectivity index (χ1) is 8.14. The molecule has 0 bridgehead atoms. The standard InChI is InChI=1S/C9H17NO7S/c1-6(2)17-3-4-18(15,16)10-7(9(13)14)5-8(11)12/h6-7,10H,3-5H2,1-2H3,(H,11,12)(H,13,14). The third-order valence-electron chi connectivity index (χ3n) is 1.80. The maximum atomic E-state index is 11.5. The van der Waals surface area contributed by atoms with Gasteiger partial charge < -0.3 is 14.9 Å². The fraction of sp³-hybridized carbons (Fsp3) is 0.778. The van der Waals surface area contributed by atoms with E-state index in [9.17, 15) is 18.0 Å². The average molecular weight is 283 g/mol. The zero-order valence-electron chi connectivity index (χ0n) is 10.1. The third kappa shape index (κ3) is 7.98. The van der Waals surface area contributed by atoms with Crippen molar-refractivity contribution in [1.82, 2.24) is 4.72 Å². The maximum absolute atomic E-state index is 11.5. The molecule has 0 fully saturated rings. The second-order valence-corrected chi connectivity index (χ2v) is 5.72. The van der Waals surface area contributed by atoms with Crippen LogP contribution in [0.1, 0.15) is 20.3 Å². The van der Waals surface area contributed by atoms with Crippen molar-refractivity contribution in [2.75, 3.05) is 12.4 Å². The first-order valence-corrected chi connectivity index (χ1v) is 6.85. The molecular formula is C9H17NO7S. The lowest BCUT2D eigenvalue weighted by atomic mass is 10.2. The van der Waals surface area contributed by atoms with E-state index in [1.807, 2.05) is 4.72 Å². The molecule has 0 aromatic heterocycles. The van der Waals surface area contributed by atoms with E-state index in [1.54, 1.807) is 13.8 Å². The summed E-state index contributed by atoms with van der Waals surface area (Å²) >= 11 is 0. The molecule has 0 amide bonds. The summed E-state index contributed by atoms with van der Waals surface area (Å²) < 4.78 is 29.7. The summed E-state index contributed by atoms with van der Waals surface area (Å²) in [6.45, 7) is 3.36. The van der Waals surface area contributed by atoms with E-state index >= 15 is 0 Å². The highest BCUT2D eigenvalue weighted by atomic mass is 32.2. The predicted octanol–water partition coefficient (Wildman–Crippen LogP) is -0.741. The van der Waals surface area contributed by atoms with E-state index in [4.69, 9.17) is 14.9 Å². The number of hydrogen-bond donors (Lipinski definition) is 3. The summed E-state index contributed by atoms with van der Waals surface area (Å²) in [5, 5.41) is 17.1. The Morgan fingerprint density at radius 3 is 2.22 bits per heavy atom. The van der Waals surface area contributed by atoms with Crippen molar-refractivity contribution < 1.29 is 33.0 Å². The number of rotatable bonds is 9. The molecule has 0 aliphatic carbocycles. The van der Waals surface area contributed by atoms with Gasteiger partial charge in [-0.25, -0.2) is 13.1 Å². The minimum absolute atomic E-state index is 0.0909. The van der Waals surface area contributed by atoms with Crippen molar-refractivity contribution in [3.63, 3.8) is 0 Å². The average Bonchev–Trinajstić information content (AvgIpc) is 2.14. The molecule has 0 aliphatic heterocycles. The quantitative estimate of drug-likeness (QED) is 0.508. The zero-order valence-corrected chi connectivity index (χ0v) is 10.9. The normalized spacial score (nSPS) is 13.5. The number of carboxylic acids is 2. The Morgan fingerprint density at radius 2 is 1.83 bits per heavy atom. The largest absolute Gasteiger partial charge is 0.481 e. The summed E-state index contributed by atoms with van der Waals surface area (Å²) in [5.41, 5.74) is 0. The molecule has 0 aliphatic rings. The first kappa shape index (κ1) is 16.8. The molecule has 0 rings (SSSR count). The zero-order chi connectivity index (χ0) is 14.3.